The zero-order chi connectivity index (χ0) is 12.6. The summed E-state index contributed by atoms with van der Waals surface area (Å²) in [6, 6.07) is 6.81. The molecule has 1 nitrogen and oxygen atoms in total. The molecule has 1 atom stereocenters. The highest BCUT2D eigenvalue weighted by Crippen LogP contribution is 2.36. The van der Waals surface area contributed by atoms with Crippen LogP contribution in [0.5, 0.6) is 0 Å². The van der Waals surface area contributed by atoms with Crippen molar-refractivity contribution in [3.05, 3.63) is 57.2 Å². The second-order valence-corrected chi connectivity index (χ2v) is 5.65. The Morgan fingerprint density at radius 1 is 1.18 bits per heavy atom. The molecule has 1 unspecified atom stereocenters. The molecule has 1 heterocycles. The third kappa shape index (κ3) is 2.63. The molecule has 4 heteroatoms. The minimum Gasteiger partial charge on any atom is -0.453 e. The number of rotatable bonds is 2. The first-order valence-electron chi connectivity index (χ1n) is 5.15. The van der Waals surface area contributed by atoms with Gasteiger partial charge in [0, 0.05) is 0 Å². The van der Waals surface area contributed by atoms with Crippen molar-refractivity contribution >= 4 is 31.9 Å². The third-order valence-corrected chi connectivity index (χ3v) is 3.99. The highest BCUT2D eigenvalue weighted by molar-refractivity contribution is 9.10. The molecule has 0 amide bonds. The van der Waals surface area contributed by atoms with Crippen LogP contribution in [0.2, 0.25) is 0 Å². The minimum atomic E-state index is -0.205. The molecule has 90 valence electrons. The molecular formula is C13H11Br2FO. The number of alkyl halides is 1. The van der Waals surface area contributed by atoms with E-state index in [1.165, 1.54) is 12.1 Å². The molecule has 0 spiro atoms. The summed E-state index contributed by atoms with van der Waals surface area (Å²) in [5.74, 6) is 0.596. The van der Waals surface area contributed by atoms with E-state index in [9.17, 15) is 4.39 Å². The molecule has 2 rings (SSSR count). The van der Waals surface area contributed by atoms with Gasteiger partial charge in [-0.05, 0) is 70.7 Å². The fraction of sp³-hybridized carbons (Fsp3) is 0.231. The van der Waals surface area contributed by atoms with Gasteiger partial charge in [0.1, 0.15) is 11.6 Å². The van der Waals surface area contributed by atoms with Crippen LogP contribution in [0, 0.1) is 19.7 Å². The molecule has 0 fully saturated rings. The van der Waals surface area contributed by atoms with Crippen LogP contribution < -0.4 is 0 Å². The largest absolute Gasteiger partial charge is 0.453 e. The van der Waals surface area contributed by atoms with Gasteiger partial charge in [-0.15, -0.1) is 0 Å². The van der Waals surface area contributed by atoms with Crippen molar-refractivity contribution in [3.63, 3.8) is 0 Å². The Bertz CT molecular complexity index is 525. The molecule has 0 aliphatic rings. The van der Waals surface area contributed by atoms with Crippen LogP contribution >= 0.6 is 31.9 Å². The van der Waals surface area contributed by atoms with E-state index in [4.69, 9.17) is 4.42 Å². The predicted octanol–water partition coefficient (Wildman–Crippen LogP) is 5.28. The Morgan fingerprint density at radius 3 is 2.24 bits per heavy atom. The molecule has 1 aromatic carbocycles. The maximum Gasteiger partial charge on any atom is 0.169 e. The zero-order valence-corrected chi connectivity index (χ0v) is 12.6. The molecule has 0 radical (unpaired) electrons. The Labute approximate surface area is 116 Å². The summed E-state index contributed by atoms with van der Waals surface area (Å²) in [7, 11) is 0. The smallest absolute Gasteiger partial charge is 0.169 e. The first-order chi connectivity index (χ1) is 7.99. The van der Waals surface area contributed by atoms with Gasteiger partial charge in [-0.1, -0.05) is 15.9 Å². The average Bonchev–Trinajstić information content (AvgIpc) is 2.63. The fourth-order valence-corrected chi connectivity index (χ4v) is 3.22. The van der Waals surface area contributed by atoms with Crippen LogP contribution in [0.25, 0.3) is 0 Å². The summed E-state index contributed by atoms with van der Waals surface area (Å²) in [6.07, 6.45) is 0. The summed E-state index contributed by atoms with van der Waals surface area (Å²) >= 11 is 6.87. The summed E-state index contributed by atoms with van der Waals surface area (Å²) in [5.41, 5.74) is 2.88. The number of aryl methyl sites for hydroxylation is 2. The lowest BCUT2D eigenvalue weighted by molar-refractivity contribution is 0.496. The molecule has 0 saturated carbocycles. The Balaban J connectivity index is 2.47. The van der Waals surface area contributed by atoms with E-state index >= 15 is 0 Å². The van der Waals surface area contributed by atoms with Crippen molar-refractivity contribution in [2.45, 2.75) is 18.7 Å². The van der Waals surface area contributed by atoms with E-state index in [2.05, 4.69) is 31.9 Å². The fourth-order valence-electron chi connectivity index (χ4n) is 1.93. The lowest BCUT2D eigenvalue weighted by Crippen LogP contribution is -1.99. The topological polar surface area (TPSA) is 13.1 Å². The number of halogens is 3. The zero-order valence-electron chi connectivity index (χ0n) is 9.43. The quantitative estimate of drug-likeness (QED) is 0.663. The van der Waals surface area contributed by atoms with Crippen LogP contribution in [-0.4, -0.2) is 0 Å². The van der Waals surface area contributed by atoms with Gasteiger partial charge in [0.25, 0.3) is 0 Å². The van der Waals surface area contributed by atoms with Gasteiger partial charge in [-0.2, -0.15) is 0 Å². The van der Waals surface area contributed by atoms with Crippen molar-refractivity contribution in [2.75, 3.05) is 0 Å². The molecular weight excluding hydrogens is 351 g/mol. The van der Waals surface area contributed by atoms with E-state index in [0.29, 0.717) is 4.67 Å². The molecule has 0 saturated heterocycles. The minimum absolute atomic E-state index is 0.0607. The van der Waals surface area contributed by atoms with E-state index < -0.39 is 0 Å². The van der Waals surface area contributed by atoms with Gasteiger partial charge in [0.15, 0.2) is 4.67 Å². The second kappa shape index (κ2) is 4.94. The molecule has 0 aliphatic carbocycles. The molecule has 17 heavy (non-hydrogen) atoms. The normalized spacial score (nSPS) is 12.8. The Morgan fingerprint density at radius 2 is 1.76 bits per heavy atom. The monoisotopic (exact) mass is 360 g/mol. The molecule has 1 aromatic heterocycles. The molecule has 0 bridgehead atoms. The van der Waals surface area contributed by atoms with Gasteiger partial charge in [0.05, 0.1) is 4.83 Å². The summed E-state index contributed by atoms with van der Waals surface area (Å²) in [6.45, 7) is 3.80. The van der Waals surface area contributed by atoms with Crippen molar-refractivity contribution in [3.8, 4) is 0 Å². The van der Waals surface area contributed by atoms with Crippen molar-refractivity contribution in [2.24, 2.45) is 0 Å². The van der Waals surface area contributed by atoms with Gasteiger partial charge >= 0.3 is 0 Å². The number of furan rings is 1. The number of hydrogen-bond acceptors (Lipinski definition) is 1. The number of benzene rings is 1. The van der Waals surface area contributed by atoms with Crippen LogP contribution in [0.15, 0.2) is 33.4 Å². The molecule has 2 aromatic rings. The highest BCUT2D eigenvalue weighted by Gasteiger charge is 2.19. The second-order valence-electron chi connectivity index (χ2n) is 3.96. The maximum absolute atomic E-state index is 13.2. The first kappa shape index (κ1) is 12.8. The van der Waals surface area contributed by atoms with Crippen molar-refractivity contribution in [1.29, 1.82) is 0 Å². The Kier molecular flexibility index (Phi) is 3.73. The van der Waals surface area contributed by atoms with E-state index in [1.807, 2.05) is 26.0 Å². The summed E-state index contributed by atoms with van der Waals surface area (Å²) < 4.78 is 19.4. The van der Waals surface area contributed by atoms with Crippen LogP contribution in [-0.2, 0) is 0 Å². The van der Waals surface area contributed by atoms with Crippen LogP contribution in [0.1, 0.15) is 27.3 Å². The van der Waals surface area contributed by atoms with Gasteiger partial charge < -0.3 is 4.42 Å². The predicted molar refractivity (Wildman–Crippen MR) is 73.1 cm³/mol. The van der Waals surface area contributed by atoms with E-state index in [0.717, 1.165) is 22.5 Å². The van der Waals surface area contributed by atoms with Gasteiger partial charge in [-0.3, -0.25) is 0 Å². The maximum atomic E-state index is 13.2. The Hall–Kier alpha value is -0.610. The lowest BCUT2D eigenvalue weighted by atomic mass is 9.98. The molecule has 0 aliphatic heterocycles. The standard InChI is InChI=1S/C13H11Br2FO/c1-7-5-9(16)6-8(2)12(7)13(15)10-3-4-11(14)17-10/h3-6,13H,1-2H3. The average molecular weight is 362 g/mol. The highest BCUT2D eigenvalue weighted by atomic mass is 79.9. The van der Waals surface area contributed by atoms with Gasteiger partial charge in [-0.25, -0.2) is 4.39 Å². The van der Waals surface area contributed by atoms with Crippen LogP contribution in [0.3, 0.4) is 0 Å². The summed E-state index contributed by atoms with van der Waals surface area (Å²) in [4.78, 5) is -0.0607. The van der Waals surface area contributed by atoms with Crippen molar-refractivity contribution < 1.29 is 8.81 Å². The lowest BCUT2D eigenvalue weighted by Gasteiger charge is -2.14. The van der Waals surface area contributed by atoms with Crippen molar-refractivity contribution in [1.82, 2.24) is 0 Å². The first-order valence-corrected chi connectivity index (χ1v) is 6.86. The van der Waals surface area contributed by atoms with E-state index in [1.54, 1.807) is 0 Å². The van der Waals surface area contributed by atoms with Gasteiger partial charge in [0.2, 0.25) is 0 Å². The summed E-state index contributed by atoms with van der Waals surface area (Å²) in [5, 5.41) is 0. The van der Waals surface area contributed by atoms with E-state index in [-0.39, 0.29) is 10.6 Å². The SMILES string of the molecule is Cc1cc(F)cc(C)c1C(Br)c1ccc(Br)o1. The third-order valence-electron chi connectivity index (χ3n) is 2.66. The molecule has 0 N–H and O–H groups in total. The van der Waals surface area contributed by atoms with Crippen LogP contribution in [0.4, 0.5) is 4.39 Å². The number of hydrogen-bond donors (Lipinski definition) is 0.